The molecule has 3 heterocycles. The summed E-state index contributed by atoms with van der Waals surface area (Å²) in [6, 6.07) is 1.75. The Balaban J connectivity index is 1.61. The highest BCUT2D eigenvalue weighted by atomic mass is 15.3. The van der Waals surface area contributed by atoms with Crippen LogP contribution < -0.4 is 5.32 Å². The Morgan fingerprint density at radius 3 is 2.73 bits per heavy atom. The smallest absolute Gasteiger partial charge is 0.0345 e. The van der Waals surface area contributed by atoms with Gasteiger partial charge in [-0.25, -0.2) is 0 Å². The second-order valence-corrected chi connectivity index (χ2v) is 5.55. The van der Waals surface area contributed by atoms with Crippen molar-refractivity contribution >= 4 is 0 Å². The Kier molecular flexibility index (Phi) is 2.71. The summed E-state index contributed by atoms with van der Waals surface area (Å²) in [7, 11) is 2.32. The van der Waals surface area contributed by atoms with Crippen LogP contribution in [-0.4, -0.2) is 61.7 Å². The molecular weight excluding hydrogens is 186 g/mol. The van der Waals surface area contributed by atoms with Crippen LogP contribution in [0.3, 0.4) is 0 Å². The molecule has 0 aliphatic carbocycles. The van der Waals surface area contributed by atoms with Gasteiger partial charge in [-0.3, -0.25) is 4.90 Å². The van der Waals surface area contributed by atoms with Crippen molar-refractivity contribution < 1.29 is 0 Å². The van der Waals surface area contributed by atoms with Gasteiger partial charge in [0.2, 0.25) is 0 Å². The van der Waals surface area contributed by atoms with E-state index in [2.05, 4.69) is 22.2 Å². The Labute approximate surface area is 92.8 Å². The highest BCUT2D eigenvalue weighted by Gasteiger charge is 2.37. The fraction of sp³-hybridized carbons (Fsp3) is 1.00. The topological polar surface area (TPSA) is 18.5 Å². The summed E-state index contributed by atoms with van der Waals surface area (Å²) in [6.07, 6.45) is 4.28. The van der Waals surface area contributed by atoms with Crippen LogP contribution in [0.2, 0.25) is 0 Å². The van der Waals surface area contributed by atoms with Crippen molar-refractivity contribution in [2.75, 3.05) is 39.8 Å². The second-order valence-electron chi connectivity index (χ2n) is 5.55. The molecule has 0 bridgehead atoms. The molecule has 3 heteroatoms. The fourth-order valence-electron chi connectivity index (χ4n) is 3.54. The number of nitrogens with zero attached hydrogens (tertiary/aromatic N) is 2. The maximum atomic E-state index is 3.39. The summed E-state index contributed by atoms with van der Waals surface area (Å²) in [5, 5.41) is 3.39. The lowest BCUT2D eigenvalue weighted by Gasteiger charge is -2.49. The first-order chi connectivity index (χ1) is 7.34. The van der Waals surface area contributed by atoms with Gasteiger partial charge in [0, 0.05) is 38.3 Å². The average Bonchev–Trinajstić information content (AvgIpc) is 2.15. The third kappa shape index (κ3) is 1.81. The number of hydrogen-bond donors (Lipinski definition) is 1. The Morgan fingerprint density at radius 2 is 2.00 bits per heavy atom. The van der Waals surface area contributed by atoms with Gasteiger partial charge in [0.1, 0.15) is 0 Å². The molecule has 0 aromatic carbocycles. The van der Waals surface area contributed by atoms with Crippen molar-refractivity contribution in [3.05, 3.63) is 0 Å². The highest BCUT2D eigenvalue weighted by molar-refractivity contribution is 4.94. The van der Waals surface area contributed by atoms with Crippen LogP contribution in [0.15, 0.2) is 0 Å². The van der Waals surface area contributed by atoms with Crippen molar-refractivity contribution in [2.45, 2.75) is 31.3 Å². The average molecular weight is 209 g/mol. The quantitative estimate of drug-likeness (QED) is 0.673. The molecule has 86 valence electrons. The molecule has 3 aliphatic heterocycles. The van der Waals surface area contributed by atoms with Crippen LogP contribution in [0.25, 0.3) is 0 Å². The number of likely N-dealkylation sites (tertiary alicyclic amines) is 2. The first-order valence-corrected chi connectivity index (χ1v) is 6.49. The largest absolute Gasteiger partial charge is 0.314 e. The minimum atomic E-state index is 0.859. The van der Waals surface area contributed by atoms with Crippen LogP contribution in [0, 0.1) is 5.92 Å². The van der Waals surface area contributed by atoms with E-state index in [9.17, 15) is 0 Å². The van der Waals surface area contributed by atoms with Gasteiger partial charge in [-0.05, 0) is 38.8 Å². The van der Waals surface area contributed by atoms with Crippen molar-refractivity contribution in [1.29, 1.82) is 0 Å². The van der Waals surface area contributed by atoms with Gasteiger partial charge in [-0.1, -0.05) is 0 Å². The number of rotatable bonds is 1. The lowest BCUT2D eigenvalue weighted by molar-refractivity contribution is 0.00928. The van der Waals surface area contributed by atoms with Gasteiger partial charge in [-0.2, -0.15) is 0 Å². The molecule has 0 radical (unpaired) electrons. The minimum absolute atomic E-state index is 0.859. The van der Waals surface area contributed by atoms with Gasteiger partial charge < -0.3 is 10.2 Å². The number of fused-ring (bicyclic) bond motifs is 1. The molecule has 3 saturated heterocycles. The minimum Gasteiger partial charge on any atom is -0.314 e. The molecule has 15 heavy (non-hydrogen) atoms. The van der Waals surface area contributed by atoms with Crippen molar-refractivity contribution in [3.63, 3.8) is 0 Å². The molecule has 0 saturated carbocycles. The molecule has 1 N–H and O–H groups in total. The molecule has 0 spiro atoms. The Morgan fingerprint density at radius 1 is 1.13 bits per heavy atom. The SMILES string of the molecule is CN1CCCC2CN(C3CNC3)CCC21. The van der Waals surface area contributed by atoms with E-state index in [1.807, 2.05) is 0 Å². The van der Waals surface area contributed by atoms with E-state index in [1.54, 1.807) is 0 Å². The van der Waals surface area contributed by atoms with Crippen LogP contribution in [0.1, 0.15) is 19.3 Å². The number of hydrogen-bond acceptors (Lipinski definition) is 3. The van der Waals surface area contributed by atoms with E-state index < -0.39 is 0 Å². The summed E-state index contributed by atoms with van der Waals surface area (Å²) in [4.78, 5) is 5.33. The van der Waals surface area contributed by atoms with E-state index in [0.717, 1.165) is 18.0 Å². The first-order valence-electron chi connectivity index (χ1n) is 6.49. The highest BCUT2D eigenvalue weighted by Crippen LogP contribution is 2.30. The molecular formula is C12H23N3. The van der Waals surface area contributed by atoms with Crippen LogP contribution in [0.4, 0.5) is 0 Å². The third-order valence-corrected chi connectivity index (χ3v) is 4.65. The monoisotopic (exact) mass is 209 g/mol. The van der Waals surface area contributed by atoms with E-state index in [-0.39, 0.29) is 0 Å². The maximum Gasteiger partial charge on any atom is 0.0345 e. The molecule has 2 atom stereocenters. The second kappa shape index (κ2) is 4.04. The molecule has 3 fully saturated rings. The number of nitrogens with one attached hydrogen (secondary N) is 1. The summed E-state index contributed by atoms with van der Waals surface area (Å²) in [5.74, 6) is 0.957. The lowest BCUT2D eigenvalue weighted by atomic mass is 9.83. The zero-order valence-electron chi connectivity index (χ0n) is 9.78. The van der Waals surface area contributed by atoms with E-state index >= 15 is 0 Å². The summed E-state index contributed by atoms with van der Waals surface area (Å²) in [6.45, 7) is 6.48. The van der Waals surface area contributed by atoms with Gasteiger partial charge in [-0.15, -0.1) is 0 Å². The van der Waals surface area contributed by atoms with E-state index in [1.165, 1.54) is 52.0 Å². The van der Waals surface area contributed by atoms with Gasteiger partial charge in [0.25, 0.3) is 0 Å². The molecule has 3 rings (SSSR count). The summed E-state index contributed by atoms with van der Waals surface area (Å²) < 4.78 is 0. The Bertz CT molecular complexity index is 227. The van der Waals surface area contributed by atoms with Crippen LogP contribution in [0.5, 0.6) is 0 Å². The normalized spacial score (nSPS) is 39.8. The van der Waals surface area contributed by atoms with E-state index in [0.29, 0.717) is 0 Å². The van der Waals surface area contributed by atoms with Gasteiger partial charge >= 0.3 is 0 Å². The van der Waals surface area contributed by atoms with Crippen molar-refractivity contribution in [1.82, 2.24) is 15.1 Å². The molecule has 0 amide bonds. The molecule has 3 aliphatic rings. The lowest BCUT2D eigenvalue weighted by Crippen LogP contribution is -2.62. The van der Waals surface area contributed by atoms with Crippen LogP contribution >= 0.6 is 0 Å². The summed E-state index contributed by atoms with van der Waals surface area (Å²) in [5.41, 5.74) is 0. The van der Waals surface area contributed by atoms with Gasteiger partial charge in [0.05, 0.1) is 0 Å². The van der Waals surface area contributed by atoms with E-state index in [4.69, 9.17) is 0 Å². The number of piperidine rings is 2. The predicted molar refractivity (Wildman–Crippen MR) is 62.0 cm³/mol. The zero-order chi connectivity index (χ0) is 10.3. The van der Waals surface area contributed by atoms with Crippen molar-refractivity contribution in [2.24, 2.45) is 5.92 Å². The first kappa shape index (κ1) is 10.1. The van der Waals surface area contributed by atoms with Crippen LogP contribution in [-0.2, 0) is 0 Å². The zero-order valence-corrected chi connectivity index (χ0v) is 9.78. The van der Waals surface area contributed by atoms with Crippen molar-refractivity contribution in [3.8, 4) is 0 Å². The third-order valence-electron chi connectivity index (χ3n) is 4.65. The van der Waals surface area contributed by atoms with Gasteiger partial charge in [0.15, 0.2) is 0 Å². The Hall–Kier alpha value is -0.120. The molecule has 2 unspecified atom stereocenters. The summed E-state index contributed by atoms with van der Waals surface area (Å²) >= 11 is 0. The predicted octanol–water partition coefficient (Wildman–Crippen LogP) is 0.374. The molecule has 3 nitrogen and oxygen atoms in total. The maximum absolute atomic E-state index is 3.39. The fourth-order valence-corrected chi connectivity index (χ4v) is 3.54. The molecule has 0 aromatic heterocycles. The standard InChI is InChI=1S/C12H23N3/c1-14-5-2-3-10-9-15(6-4-12(10)14)11-7-13-8-11/h10-13H,2-9H2,1H3. The molecule has 0 aromatic rings.